The molecule has 1 fully saturated rings. The molecule has 2 aromatic heterocycles. The van der Waals surface area contributed by atoms with Gasteiger partial charge in [0.1, 0.15) is 6.10 Å². The average molecular weight is 328 g/mol. The van der Waals surface area contributed by atoms with Gasteiger partial charge in [0.05, 0.1) is 16.7 Å². The second kappa shape index (κ2) is 6.68. The number of halogens is 2. The lowest BCUT2D eigenvalue weighted by Crippen LogP contribution is -2.37. The van der Waals surface area contributed by atoms with E-state index >= 15 is 0 Å². The summed E-state index contributed by atoms with van der Waals surface area (Å²) in [5.41, 5.74) is 0. The van der Waals surface area contributed by atoms with E-state index in [2.05, 4.69) is 20.9 Å². The average Bonchev–Trinajstić information content (AvgIpc) is 2.89. The van der Waals surface area contributed by atoms with E-state index in [0.717, 1.165) is 49.2 Å². The predicted octanol–water partition coefficient (Wildman–Crippen LogP) is 3.37. The van der Waals surface area contributed by atoms with E-state index in [4.69, 9.17) is 16.3 Å². The van der Waals surface area contributed by atoms with Gasteiger partial charge in [-0.3, -0.25) is 4.90 Å². The van der Waals surface area contributed by atoms with Gasteiger partial charge in [0.15, 0.2) is 5.82 Å². The first kappa shape index (κ1) is 14.7. The van der Waals surface area contributed by atoms with E-state index in [9.17, 15) is 4.39 Å². The van der Waals surface area contributed by atoms with Crippen LogP contribution in [0.5, 0.6) is 6.01 Å². The Hall–Kier alpha value is -1.24. The maximum absolute atomic E-state index is 12.7. The molecule has 7 heteroatoms. The Morgan fingerprint density at radius 3 is 2.62 bits per heavy atom. The van der Waals surface area contributed by atoms with E-state index < -0.39 is 5.82 Å². The molecule has 0 spiro atoms. The van der Waals surface area contributed by atoms with Gasteiger partial charge in [-0.15, -0.1) is 11.3 Å². The number of rotatable bonds is 4. The fraction of sp³-hybridized carbons (Fsp3) is 0.429. The van der Waals surface area contributed by atoms with Crippen molar-refractivity contribution in [1.29, 1.82) is 0 Å². The number of likely N-dealkylation sites (tertiary alicyclic amines) is 1. The molecule has 0 saturated carbocycles. The van der Waals surface area contributed by atoms with E-state index in [1.807, 2.05) is 6.07 Å². The molecule has 4 nitrogen and oxygen atoms in total. The molecule has 1 saturated heterocycles. The Bertz CT molecular complexity index is 584. The summed E-state index contributed by atoms with van der Waals surface area (Å²) < 4.78 is 19.2. The zero-order chi connectivity index (χ0) is 14.7. The van der Waals surface area contributed by atoms with E-state index in [1.54, 1.807) is 11.3 Å². The number of hydrogen-bond donors (Lipinski definition) is 0. The minimum Gasteiger partial charge on any atom is -0.460 e. The summed E-state index contributed by atoms with van der Waals surface area (Å²) in [5.74, 6) is -0.452. The number of piperidine rings is 1. The molecule has 1 aliphatic rings. The van der Waals surface area contributed by atoms with Crippen molar-refractivity contribution in [2.75, 3.05) is 13.1 Å². The van der Waals surface area contributed by atoms with Crippen LogP contribution in [0.3, 0.4) is 0 Å². The summed E-state index contributed by atoms with van der Waals surface area (Å²) in [6.07, 6.45) is 4.18. The van der Waals surface area contributed by atoms with Crippen molar-refractivity contribution in [3.05, 3.63) is 39.6 Å². The highest BCUT2D eigenvalue weighted by atomic mass is 35.5. The molecule has 2 aromatic rings. The summed E-state index contributed by atoms with van der Waals surface area (Å²) in [6.45, 7) is 2.85. The third-order valence-corrected chi connectivity index (χ3v) is 4.63. The minimum atomic E-state index is -0.452. The molecule has 0 radical (unpaired) electrons. The van der Waals surface area contributed by atoms with Gasteiger partial charge < -0.3 is 4.74 Å². The molecule has 112 valence electrons. The van der Waals surface area contributed by atoms with Crippen molar-refractivity contribution in [2.45, 2.75) is 25.5 Å². The minimum absolute atomic E-state index is 0.0960. The predicted molar refractivity (Wildman–Crippen MR) is 80.2 cm³/mol. The number of ether oxygens (including phenoxy) is 1. The lowest BCUT2D eigenvalue weighted by molar-refractivity contribution is 0.0895. The number of nitrogens with zero attached hydrogens (tertiary/aromatic N) is 3. The first-order valence-electron chi connectivity index (χ1n) is 6.80. The highest BCUT2D eigenvalue weighted by molar-refractivity contribution is 7.16. The van der Waals surface area contributed by atoms with Gasteiger partial charge in [-0.05, 0) is 25.0 Å². The van der Waals surface area contributed by atoms with Crippen LogP contribution in [0.25, 0.3) is 0 Å². The van der Waals surface area contributed by atoms with Crippen molar-refractivity contribution < 1.29 is 9.13 Å². The van der Waals surface area contributed by atoms with Gasteiger partial charge in [-0.1, -0.05) is 11.6 Å². The second-order valence-electron chi connectivity index (χ2n) is 4.98. The van der Waals surface area contributed by atoms with Crippen LogP contribution in [0, 0.1) is 5.82 Å². The highest BCUT2D eigenvalue weighted by Crippen LogP contribution is 2.24. The zero-order valence-corrected chi connectivity index (χ0v) is 12.9. The van der Waals surface area contributed by atoms with Gasteiger partial charge in [0.25, 0.3) is 0 Å². The fourth-order valence-corrected chi connectivity index (χ4v) is 3.48. The van der Waals surface area contributed by atoms with Gasteiger partial charge in [-0.25, -0.2) is 14.4 Å². The maximum Gasteiger partial charge on any atom is 0.316 e. The van der Waals surface area contributed by atoms with E-state index in [1.165, 1.54) is 4.88 Å². The van der Waals surface area contributed by atoms with E-state index in [0.29, 0.717) is 0 Å². The lowest BCUT2D eigenvalue weighted by atomic mass is 10.1. The summed E-state index contributed by atoms with van der Waals surface area (Å²) in [7, 11) is 0. The fourth-order valence-electron chi connectivity index (χ4n) is 2.35. The Balaban J connectivity index is 1.47. The van der Waals surface area contributed by atoms with Crippen LogP contribution in [-0.2, 0) is 6.54 Å². The topological polar surface area (TPSA) is 38.2 Å². The first-order valence-corrected chi connectivity index (χ1v) is 7.99. The Labute approximate surface area is 131 Å². The van der Waals surface area contributed by atoms with Gasteiger partial charge >= 0.3 is 6.01 Å². The van der Waals surface area contributed by atoms with Crippen molar-refractivity contribution in [2.24, 2.45) is 0 Å². The highest BCUT2D eigenvalue weighted by Gasteiger charge is 2.21. The summed E-state index contributed by atoms with van der Waals surface area (Å²) in [5, 5.41) is 0. The third-order valence-electron chi connectivity index (χ3n) is 3.41. The van der Waals surface area contributed by atoms with Crippen LogP contribution in [0.4, 0.5) is 4.39 Å². The molecule has 21 heavy (non-hydrogen) atoms. The second-order valence-corrected chi connectivity index (χ2v) is 6.78. The molecule has 0 atom stereocenters. The normalized spacial score (nSPS) is 17.0. The molecular formula is C14H15ClFN3OS. The number of thiophene rings is 1. The number of hydrogen-bond acceptors (Lipinski definition) is 5. The summed E-state index contributed by atoms with van der Waals surface area (Å²) in [4.78, 5) is 11.3. The van der Waals surface area contributed by atoms with E-state index in [-0.39, 0.29) is 12.1 Å². The molecule has 0 N–H and O–H groups in total. The van der Waals surface area contributed by atoms with Crippen molar-refractivity contribution in [1.82, 2.24) is 14.9 Å². The molecule has 0 unspecified atom stereocenters. The van der Waals surface area contributed by atoms with Crippen LogP contribution < -0.4 is 4.74 Å². The lowest BCUT2D eigenvalue weighted by Gasteiger charge is -2.31. The SMILES string of the molecule is Fc1cnc(OC2CCN(Cc3ccc(Cl)s3)CC2)nc1. The van der Waals surface area contributed by atoms with Gasteiger partial charge in [0.2, 0.25) is 0 Å². The molecule has 0 bridgehead atoms. The zero-order valence-electron chi connectivity index (χ0n) is 11.3. The Morgan fingerprint density at radius 1 is 1.29 bits per heavy atom. The van der Waals surface area contributed by atoms with Gasteiger partial charge in [-0.2, -0.15) is 0 Å². The number of aromatic nitrogens is 2. The van der Waals surface area contributed by atoms with Crippen molar-refractivity contribution >= 4 is 22.9 Å². The molecule has 1 aliphatic heterocycles. The van der Waals surface area contributed by atoms with Gasteiger partial charge in [0, 0.05) is 24.5 Å². The summed E-state index contributed by atoms with van der Waals surface area (Å²) >= 11 is 7.57. The van der Waals surface area contributed by atoms with Crippen molar-refractivity contribution in [3.8, 4) is 6.01 Å². The van der Waals surface area contributed by atoms with Crippen LogP contribution in [0.15, 0.2) is 24.5 Å². The molecule has 3 heterocycles. The van der Waals surface area contributed by atoms with Crippen LogP contribution in [0.1, 0.15) is 17.7 Å². The quantitative estimate of drug-likeness (QED) is 0.863. The summed E-state index contributed by atoms with van der Waals surface area (Å²) in [6, 6.07) is 4.26. The molecule has 0 aliphatic carbocycles. The van der Waals surface area contributed by atoms with Crippen LogP contribution in [0.2, 0.25) is 4.34 Å². The molecule has 3 rings (SSSR count). The standard InChI is InChI=1S/C14H15ClFN3OS/c15-13-2-1-12(21-13)9-19-5-3-11(4-6-19)20-14-17-7-10(16)8-18-14/h1-2,7-8,11H,3-6,9H2. The Kier molecular flexibility index (Phi) is 4.67. The largest absolute Gasteiger partial charge is 0.460 e. The molecule has 0 aromatic carbocycles. The van der Waals surface area contributed by atoms with Crippen LogP contribution >= 0.6 is 22.9 Å². The maximum atomic E-state index is 12.7. The smallest absolute Gasteiger partial charge is 0.316 e. The Morgan fingerprint density at radius 2 is 2.00 bits per heavy atom. The molecular weight excluding hydrogens is 313 g/mol. The first-order chi connectivity index (χ1) is 10.2. The van der Waals surface area contributed by atoms with Crippen LogP contribution in [-0.4, -0.2) is 34.1 Å². The monoisotopic (exact) mass is 327 g/mol. The molecule has 0 amide bonds. The third kappa shape index (κ3) is 4.12. The van der Waals surface area contributed by atoms with Crippen molar-refractivity contribution in [3.63, 3.8) is 0 Å².